The number of hydrogen-bond acceptors (Lipinski definition) is 4. The van der Waals surface area contributed by atoms with Crippen LogP contribution in [0.25, 0.3) is 0 Å². The lowest BCUT2D eigenvalue weighted by molar-refractivity contribution is -0.120. The Hall–Kier alpha value is -1.62. The Morgan fingerprint density at radius 2 is 2.17 bits per heavy atom. The highest BCUT2D eigenvalue weighted by molar-refractivity contribution is 8.26. The smallest absolute Gasteiger partial charge is 0.228 e. The number of carbonyl (C=O) groups excluding carboxylic acids is 2. The number of carbonyl (C=O) groups is 2. The number of aliphatic imine (C=N–C) groups is 1. The summed E-state index contributed by atoms with van der Waals surface area (Å²) in [6.45, 7) is 1.86. The van der Waals surface area contributed by atoms with Gasteiger partial charge in [0.15, 0.2) is 5.17 Å². The van der Waals surface area contributed by atoms with Crippen molar-refractivity contribution >= 4 is 28.0 Å². The second-order valence-corrected chi connectivity index (χ2v) is 5.22. The summed E-state index contributed by atoms with van der Waals surface area (Å²) in [5.41, 5.74) is 0.964. The van der Waals surface area contributed by atoms with E-state index in [2.05, 4.69) is 10.3 Å². The molecule has 4 nitrogen and oxygen atoms in total. The molecule has 94 valence electrons. The molecule has 1 aromatic rings. The summed E-state index contributed by atoms with van der Waals surface area (Å²) in [5, 5.41) is 3.01. The van der Waals surface area contributed by atoms with Crippen molar-refractivity contribution in [3.05, 3.63) is 35.9 Å². The zero-order valence-electron chi connectivity index (χ0n) is 10.1. The summed E-state index contributed by atoms with van der Waals surface area (Å²) in [7, 11) is 0. The number of amidine groups is 1. The fourth-order valence-electron chi connectivity index (χ4n) is 1.67. The summed E-state index contributed by atoms with van der Waals surface area (Å²) in [6.07, 6.45) is 0.728. The van der Waals surface area contributed by atoms with Gasteiger partial charge in [-0.3, -0.25) is 14.6 Å². The molecule has 1 aliphatic heterocycles. The average Bonchev–Trinajstić information content (AvgIpc) is 2.28. The third kappa shape index (κ3) is 3.70. The Bertz CT molecular complexity index is 485. The van der Waals surface area contributed by atoms with Crippen LogP contribution in [0.4, 0.5) is 0 Å². The fourth-order valence-corrected chi connectivity index (χ4v) is 2.53. The fraction of sp³-hybridized carbons (Fsp3) is 0.308. The molecule has 5 heteroatoms. The van der Waals surface area contributed by atoms with Gasteiger partial charge in [-0.1, -0.05) is 30.3 Å². The molecule has 0 aromatic heterocycles. The van der Waals surface area contributed by atoms with E-state index in [1.807, 2.05) is 37.3 Å². The van der Waals surface area contributed by atoms with Gasteiger partial charge in [0.2, 0.25) is 11.0 Å². The first-order valence-corrected chi connectivity index (χ1v) is 6.57. The van der Waals surface area contributed by atoms with Gasteiger partial charge < -0.3 is 5.32 Å². The van der Waals surface area contributed by atoms with Crippen LogP contribution < -0.4 is 5.32 Å². The minimum Gasteiger partial charge on any atom is -0.305 e. The molecule has 1 amide bonds. The van der Waals surface area contributed by atoms with Gasteiger partial charge in [0.05, 0.1) is 6.04 Å². The van der Waals surface area contributed by atoms with Crippen LogP contribution >= 0.6 is 11.8 Å². The van der Waals surface area contributed by atoms with E-state index in [-0.39, 0.29) is 17.1 Å². The predicted molar refractivity (Wildman–Crippen MR) is 72.4 cm³/mol. The quantitative estimate of drug-likeness (QED) is 0.883. The van der Waals surface area contributed by atoms with Crippen molar-refractivity contribution in [2.45, 2.75) is 25.8 Å². The Morgan fingerprint density at radius 3 is 2.83 bits per heavy atom. The van der Waals surface area contributed by atoms with Crippen LogP contribution in [0.5, 0.6) is 0 Å². The Kier molecular flexibility index (Phi) is 4.15. The van der Waals surface area contributed by atoms with E-state index in [1.165, 1.54) is 0 Å². The van der Waals surface area contributed by atoms with Crippen LogP contribution in [0.3, 0.4) is 0 Å². The molecule has 0 saturated heterocycles. The predicted octanol–water partition coefficient (Wildman–Crippen LogP) is 1.75. The van der Waals surface area contributed by atoms with E-state index in [9.17, 15) is 9.59 Å². The van der Waals surface area contributed by atoms with Crippen molar-refractivity contribution in [3.8, 4) is 0 Å². The molecule has 0 fully saturated rings. The van der Waals surface area contributed by atoms with E-state index < -0.39 is 0 Å². The Labute approximate surface area is 110 Å². The van der Waals surface area contributed by atoms with Gasteiger partial charge in [-0.15, -0.1) is 0 Å². The number of nitrogens with one attached hydrogen (secondary N) is 1. The molecule has 0 spiro atoms. The lowest BCUT2D eigenvalue weighted by atomic mass is 10.2. The monoisotopic (exact) mass is 262 g/mol. The summed E-state index contributed by atoms with van der Waals surface area (Å²) >= 11 is 1.00. The van der Waals surface area contributed by atoms with Crippen molar-refractivity contribution in [2.75, 3.05) is 0 Å². The van der Waals surface area contributed by atoms with Crippen LogP contribution in [0.15, 0.2) is 35.3 Å². The maximum absolute atomic E-state index is 11.8. The molecule has 0 aliphatic carbocycles. The van der Waals surface area contributed by atoms with Crippen LogP contribution in [0.1, 0.15) is 18.9 Å². The third-order valence-electron chi connectivity index (χ3n) is 2.47. The molecule has 1 aromatic carbocycles. The zero-order chi connectivity index (χ0) is 13.0. The van der Waals surface area contributed by atoms with E-state index in [4.69, 9.17) is 0 Å². The van der Waals surface area contributed by atoms with Crippen LogP contribution in [0.2, 0.25) is 0 Å². The number of thioether (sulfide) groups is 1. The van der Waals surface area contributed by atoms with Gasteiger partial charge in [0.25, 0.3) is 0 Å². The van der Waals surface area contributed by atoms with Gasteiger partial charge in [0, 0.05) is 12.8 Å². The van der Waals surface area contributed by atoms with Crippen molar-refractivity contribution in [3.63, 3.8) is 0 Å². The van der Waals surface area contributed by atoms with Gasteiger partial charge in [-0.05, 0) is 24.2 Å². The molecule has 1 heterocycles. The molecule has 0 saturated carbocycles. The highest BCUT2D eigenvalue weighted by Gasteiger charge is 2.19. The normalized spacial score (nSPS) is 19.1. The van der Waals surface area contributed by atoms with Crippen molar-refractivity contribution in [2.24, 2.45) is 4.99 Å². The standard InChI is InChI=1S/C13H14N2O2S/c1-9-7-11(16)15-13(14-9)18-12(17)8-10-5-3-2-4-6-10/h2-6,9H,7-8H2,1H3,(H,14,15,16). The van der Waals surface area contributed by atoms with Crippen LogP contribution in [-0.2, 0) is 16.0 Å². The minimum absolute atomic E-state index is 0.0191. The van der Waals surface area contributed by atoms with Crippen molar-refractivity contribution < 1.29 is 9.59 Å². The maximum atomic E-state index is 11.8. The van der Waals surface area contributed by atoms with Gasteiger partial charge in [-0.2, -0.15) is 0 Å². The molecular formula is C13H14N2O2S. The van der Waals surface area contributed by atoms with Crippen LogP contribution in [-0.4, -0.2) is 22.2 Å². The Morgan fingerprint density at radius 1 is 1.44 bits per heavy atom. The van der Waals surface area contributed by atoms with E-state index in [0.29, 0.717) is 18.0 Å². The highest BCUT2D eigenvalue weighted by Crippen LogP contribution is 2.14. The van der Waals surface area contributed by atoms with E-state index >= 15 is 0 Å². The highest BCUT2D eigenvalue weighted by atomic mass is 32.2. The molecule has 18 heavy (non-hydrogen) atoms. The molecule has 2 rings (SSSR count). The minimum atomic E-state index is -0.0764. The molecule has 0 bridgehead atoms. The maximum Gasteiger partial charge on any atom is 0.228 e. The largest absolute Gasteiger partial charge is 0.305 e. The first kappa shape index (κ1) is 12.8. The lowest BCUT2D eigenvalue weighted by Gasteiger charge is -2.16. The number of rotatable bonds is 2. The molecule has 1 aliphatic rings. The van der Waals surface area contributed by atoms with E-state index in [1.54, 1.807) is 0 Å². The first-order chi connectivity index (χ1) is 8.63. The summed E-state index contributed by atoms with van der Waals surface area (Å²) < 4.78 is 0. The Balaban J connectivity index is 1.94. The third-order valence-corrected chi connectivity index (χ3v) is 3.24. The number of hydrogen-bond donors (Lipinski definition) is 1. The number of amides is 1. The van der Waals surface area contributed by atoms with Crippen molar-refractivity contribution in [1.29, 1.82) is 0 Å². The summed E-state index contributed by atoms with van der Waals surface area (Å²) in [5.74, 6) is -0.0764. The van der Waals surface area contributed by atoms with E-state index in [0.717, 1.165) is 17.3 Å². The molecule has 1 atom stereocenters. The second-order valence-electron chi connectivity index (χ2n) is 4.17. The SMILES string of the molecule is CC1CC(=O)NC(SC(=O)Cc2ccccc2)=N1. The van der Waals surface area contributed by atoms with Crippen LogP contribution in [0, 0.1) is 0 Å². The van der Waals surface area contributed by atoms with Gasteiger partial charge in [-0.25, -0.2) is 0 Å². The summed E-state index contributed by atoms with van der Waals surface area (Å²) in [4.78, 5) is 27.4. The van der Waals surface area contributed by atoms with Gasteiger partial charge in [0.1, 0.15) is 0 Å². The van der Waals surface area contributed by atoms with Crippen molar-refractivity contribution in [1.82, 2.24) is 5.32 Å². The first-order valence-electron chi connectivity index (χ1n) is 5.76. The zero-order valence-corrected chi connectivity index (χ0v) is 10.9. The lowest BCUT2D eigenvalue weighted by Crippen LogP contribution is -2.36. The second kappa shape index (κ2) is 5.82. The summed E-state index contributed by atoms with van der Waals surface area (Å²) in [6, 6.07) is 9.47. The van der Waals surface area contributed by atoms with Gasteiger partial charge >= 0.3 is 0 Å². The molecule has 1 unspecified atom stereocenters. The molecular weight excluding hydrogens is 248 g/mol. The number of benzene rings is 1. The average molecular weight is 262 g/mol. The number of nitrogens with zero attached hydrogens (tertiary/aromatic N) is 1. The molecule has 0 radical (unpaired) electrons. The topological polar surface area (TPSA) is 58.5 Å². The molecule has 1 N–H and O–H groups in total.